The normalized spacial score (nSPS) is 8.14. The van der Waals surface area contributed by atoms with Gasteiger partial charge in [0.1, 0.15) is 6.61 Å². The number of carbonyl (C=O) groups excluding carboxylic acids is 1. The number of halogens is 1. The zero-order valence-corrected chi connectivity index (χ0v) is 4.36. The van der Waals surface area contributed by atoms with Gasteiger partial charge in [-0.05, 0) is 0 Å². The van der Waals surface area contributed by atoms with Crippen molar-refractivity contribution in [2.75, 3.05) is 12.5 Å². The summed E-state index contributed by atoms with van der Waals surface area (Å²) in [6.45, 7) is 0.129. The fourth-order valence-corrected chi connectivity index (χ4v) is 0.208. The fraction of sp³-hybridized carbons (Fsp3) is 0.667. The summed E-state index contributed by atoms with van der Waals surface area (Å²) in [5.41, 5.74) is 6.16. The quantitative estimate of drug-likeness (QED) is 0.505. The number of hydrogen-bond donors (Lipinski definition) is 0. The minimum atomic E-state index is -1.03. The Morgan fingerprint density at radius 2 is 2.43 bits per heavy atom. The predicted molar refractivity (Wildman–Crippen MR) is 25.2 cm³/mol. The van der Waals surface area contributed by atoms with Crippen LogP contribution >= 0.6 is 11.6 Å². The summed E-state index contributed by atoms with van der Waals surface area (Å²) in [5, 5.41) is 0. The van der Waals surface area contributed by atoms with Gasteiger partial charge in [-0.2, -0.15) is 0 Å². The average molecular weight is 123 g/mol. The summed E-state index contributed by atoms with van der Waals surface area (Å²) in [7, 11) is 0. The van der Waals surface area contributed by atoms with E-state index >= 15 is 0 Å². The molecule has 0 atom stereocenters. The molecule has 0 aliphatic heterocycles. The lowest BCUT2D eigenvalue weighted by molar-refractivity contribution is 0.162. The zero-order valence-electron chi connectivity index (χ0n) is 3.61. The Bertz CT molecular complexity index is 66.0. The molecule has 3 nitrogen and oxygen atoms in total. The van der Waals surface area contributed by atoms with Crippen LogP contribution in [0.2, 0.25) is 0 Å². The van der Waals surface area contributed by atoms with Crippen molar-refractivity contribution in [2.45, 2.75) is 0 Å². The highest BCUT2D eigenvalue weighted by atomic mass is 35.5. The van der Waals surface area contributed by atoms with Gasteiger partial charge in [0, 0.05) is 0 Å². The Labute approximate surface area is 46.4 Å². The third kappa shape index (κ3) is 5.56. The van der Waals surface area contributed by atoms with Crippen molar-refractivity contribution < 1.29 is 9.53 Å². The van der Waals surface area contributed by atoms with Crippen LogP contribution in [0.3, 0.4) is 0 Å². The van der Waals surface area contributed by atoms with Crippen LogP contribution in [0.25, 0.3) is 0 Å². The molecule has 0 spiro atoms. The number of alkyl halides is 1. The highest BCUT2D eigenvalue weighted by Gasteiger charge is 1.88. The van der Waals surface area contributed by atoms with Crippen molar-refractivity contribution >= 4 is 17.7 Å². The molecular weight excluding hydrogens is 117 g/mol. The lowest BCUT2D eigenvalue weighted by Crippen LogP contribution is -2.03. The standard InChI is InChI=1S/C3H5ClNO2/c4-1-2-7-3(5)6/h5H,1-2H2. The summed E-state index contributed by atoms with van der Waals surface area (Å²) in [6, 6.07) is 0. The van der Waals surface area contributed by atoms with Crippen LogP contribution in [0.4, 0.5) is 4.79 Å². The molecule has 4 heteroatoms. The number of nitrogens with one attached hydrogen (secondary N) is 1. The first-order valence-electron chi connectivity index (χ1n) is 1.71. The molecule has 0 aliphatic rings. The van der Waals surface area contributed by atoms with Gasteiger partial charge >= 0.3 is 6.09 Å². The zero-order chi connectivity index (χ0) is 5.70. The lowest BCUT2D eigenvalue weighted by atomic mass is 10.9. The molecule has 1 amide bonds. The molecule has 0 fully saturated rings. The fourth-order valence-electron chi connectivity index (χ4n) is 0.131. The monoisotopic (exact) mass is 122 g/mol. The van der Waals surface area contributed by atoms with Crippen LogP contribution in [-0.4, -0.2) is 18.6 Å². The van der Waals surface area contributed by atoms with E-state index in [1.165, 1.54) is 0 Å². The van der Waals surface area contributed by atoms with Gasteiger partial charge in [-0.25, -0.2) is 10.5 Å². The number of rotatable bonds is 2. The molecule has 0 heterocycles. The van der Waals surface area contributed by atoms with Gasteiger partial charge in [0.15, 0.2) is 0 Å². The maximum absolute atomic E-state index is 9.59. The Morgan fingerprint density at radius 1 is 1.86 bits per heavy atom. The Kier molecular flexibility index (Phi) is 3.50. The van der Waals surface area contributed by atoms with Crippen molar-refractivity contribution in [3.05, 3.63) is 0 Å². The molecule has 7 heavy (non-hydrogen) atoms. The maximum atomic E-state index is 9.59. The van der Waals surface area contributed by atoms with Crippen molar-refractivity contribution in [2.24, 2.45) is 0 Å². The van der Waals surface area contributed by atoms with Gasteiger partial charge < -0.3 is 4.74 Å². The molecule has 0 unspecified atom stereocenters. The van der Waals surface area contributed by atoms with E-state index in [1.54, 1.807) is 0 Å². The van der Waals surface area contributed by atoms with E-state index < -0.39 is 6.09 Å². The van der Waals surface area contributed by atoms with Crippen LogP contribution in [0, 0.1) is 0 Å². The maximum Gasteiger partial charge on any atom is 0.426 e. The highest BCUT2D eigenvalue weighted by Crippen LogP contribution is 1.77. The molecule has 0 aliphatic carbocycles. The summed E-state index contributed by atoms with van der Waals surface area (Å²) < 4.78 is 4.09. The molecule has 0 aromatic heterocycles. The first-order valence-corrected chi connectivity index (χ1v) is 2.25. The summed E-state index contributed by atoms with van der Waals surface area (Å²) in [6.07, 6.45) is -1.03. The van der Waals surface area contributed by atoms with E-state index in [2.05, 4.69) is 4.74 Å². The number of carbonyl (C=O) groups is 1. The van der Waals surface area contributed by atoms with E-state index in [4.69, 9.17) is 17.3 Å². The van der Waals surface area contributed by atoms with Gasteiger partial charge in [0.2, 0.25) is 0 Å². The van der Waals surface area contributed by atoms with Gasteiger partial charge in [-0.1, -0.05) is 0 Å². The van der Waals surface area contributed by atoms with Crippen LogP contribution in [0.1, 0.15) is 0 Å². The van der Waals surface area contributed by atoms with Crippen LogP contribution in [0.5, 0.6) is 0 Å². The number of ether oxygens (including phenoxy) is 1. The van der Waals surface area contributed by atoms with Crippen molar-refractivity contribution in [1.29, 1.82) is 0 Å². The number of amides is 1. The summed E-state index contributed by atoms with van der Waals surface area (Å²) in [5.74, 6) is 0.255. The van der Waals surface area contributed by atoms with Crippen LogP contribution in [0.15, 0.2) is 0 Å². The van der Waals surface area contributed by atoms with E-state index in [1.807, 2.05) is 0 Å². The molecule has 41 valence electrons. The van der Waals surface area contributed by atoms with Crippen LogP contribution in [-0.2, 0) is 4.74 Å². The molecule has 0 saturated heterocycles. The van der Waals surface area contributed by atoms with Crippen LogP contribution < -0.4 is 5.73 Å². The first-order chi connectivity index (χ1) is 3.27. The summed E-state index contributed by atoms with van der Waals surface area (Å²) >= 11 is 5.09. The van der Waals surface area contributed by atoms with E-state index in [-0.39, 0.29) is 12.5 Å². The topological polar surface area (TPSA) is 50.1 Å². The smallest absolute Gasteiger partial charge is 0.426 e. The minimum absolute atomic E-state index is 0.129. The first kappa shape index (κ1) is 6.56. The molecule has 1 N–H and O–H groups in total. The Hall–Kier alpha value is -0.440. The Morgan fingerprint density at radius 3 is 2.57 bits per heavy atom. The van der Waals surface area contributed by atoms with Crippen molar-refractivity contribution in [3.63, 3.8) is 0 Å². The second-order valence-corrected chi connectivity index (χ2v) is 1.20. The second-order valence-electron chi connectivity index (χ2n) is 0.825. The third-order valence-corrected chi connectivity index (χ3v) is 0.465. The SMILES string of the molecule is [NH]C(=O)OCCCl. The molecule has 0 aromatic rings. The Balaban J connectivity index is 2.82. The minimum Gasteiger partial charge on any atom is -0.447 e. The molecular formula is C3H5ClNO2. The van der Waals surface area contributed by atoms with Gasteiger partial charge in [-0.3, -0.25) is 0 Å². The molecule has 0 rings (SSSR count). The molecule has 0 aromatic carbocycles. The van der Waals surface area contributed by atoms with Gasteiger partial charge in [-0.15, -0.1) is 11.6 Å². The highest BCUT2D eigenvalue weighted by molar-refractivity contribution is 6.18. The summed E-state index contributed by atoms with van der Waals surface area (Å²) in [4.78, 5) is 9.59. The molecule has 1 radical (unpaired) electrons. The molecule has 0 bridgehead atoms. The average Bonchev–Trinajstić information content (AvgIpc) is 1.61. The number of hydrogen-bond acceptors (Lipinski definition) is 2. The third-order valence-electron chi connectivity index (χ3n) is 0.310. The second kappa shape index (κ2) is 3.74. The molecule has 0 saturated carbocycles. The van der Waals surface area contributed by atoms with E-state index in [0.717, 1.165) is 0 Å². The van der Waals surface area contributed by atoms with Crippen molar-refractivity contribution in [1.82, 2.24) is 5.73 Å². The van der Waals surface area contributed by atoms with E-state index in [0.29, 0.717) is 0 Å². The lowest BCUT2D eigenvalue weighted by Gasteiger charge is -1.91. The largest absolute Gasteiger partial charge is 0.447 e. The van der Waals surface area contributed by atoms with Crippen molar-refractivity contribution in [3.8, 4) is 0 Å². The van der Waals surface area contributed by atoms with Gasteiger partial charge in [0.25, 0.3) is 0 Å². The van der Waals surface area contributed by atoms with E-state index in [9.17, 15) is 4.79 Å². The predicted octanol–water partition coefficient (Wildman–Crippen LogP) is 0.645. The van der Waals surface area contributed by atoms with Gasteiger partial charge in [0.05, 0.1) is 5.88 Å².